The van der Waals surface area contributed by atoms with Gasteiger partial charge in [0.25, 0.3) is 5.91 Å². The molecule has 0 aliphatic rings. The number of rotatable bonds is 4. The molecule has 0 fully saturated rings. The Labute approximate surface area is 181 Å². The summed E-state index contributed by atoms with van der Waals surface area (Å²) in [5, 5.41) is 5.30. The molecule has 0 radical (unpaired) electrons. The molecule has 5 nitrogen and oxygen atoms in total. The number of nitrogens with zero attached hydrogens (tertiary/aromatic N) is 2. The third-order valence-electron chi connectivity index (χ3n) is 5.36. The molecule has 5 heteroatoms. The summed E-state index contributed by atoms with van der Waals surface area (Å²) in [6, 6.07) is 22.8. The van der Waals surface area contributed by atoms with Crippen molar-refractivity contribution in [2.45, 2.75) is 32.7 Å². The van der Waals surface area contributed by atoms with Gasteiger partial charge in [0.05, 0.1) is 17.2 Å². The van der Waals surface area contributed by atoms with Crippen LogP contribution in [-0.2, 0) is 16.8 Å². The van der Waals surface area contributed by atoms with E-state index in [1.165, 1.54) is 5.56 Å². The summed E-state index contributed by atoms with van der Waals surface area (Å²) in [6.45, 7) is 6.56. The number of carbonyl (C=O) groups excluding carboxylic acids is 1. The summed E-state index contributed by atoms with van der Waals surface area (Å²) in [5.41, 5.74) is 6.26. The first-order valence-corrected chi connectivity index (χ1v) is 10.3. The quantitative estimate of drug-likeness (QED) is 0.303. The first-order valence-electron chi connectivity index (χ1n) is 10.3. The van der Waals surface area contributed by atoms with Gasteiger partial charge < -0.3 is 4.57 Å². The molecule has 4 rings (SSSR count). The highest BCUT2D eigenvalue weighted by atomic mass is 16.2. The highest BCUT2D eigenvalue weighted by molar-refractivity contribution is 5.95. The van der Waals surface area contributed by atoms with Gasteiger partial charge in [0.1, 0.15) is 6.54 Å². The number of fused-ring (bicyclic) bond motifs is 2. The van der Waals surface area contributed by atoms with Crippen LogP contribution in [0.25, 0.3) is 21.8 Å². The van der Waals surface area contributed by atoms with E-state index in [9.17, 15) is 9.59 Å². The van der Waals surface area contributed by atoms with E-state index in [2.05, 4.69) is 43.4 Å². The third-order valence-corrected chi connectivity index (χ3v) is 5.36. The van der Waals surface area contributed by atoms with Crippen molar-refractivity contribution in [3.8, 4) is 0 Å². The summed E-state index contributed by atoms with van der Waals surface area (Å²) >= 11 is 0. The fraction of sp³-hybridized carbons (Fsp3) is 0.192. The number of aromatic nitrogens is 1. The van der Waals surface area contributed by atoms with Crippen molar-refractivity contribution in [1.82, 2.24) is 9.99 Å². The second-order valence-corrected chi connectivity index (χ2v) is 8.61. The van der Waals surface area contributed by atoms with E-state index >= 15 is 0 Å². The number of amides is 1. The van der Waals surface area contributed by atoms with Gasteiger partial charge in [-0.1, -0.05) is 69.3 Å². The van der Waals surface area contributed by atoms with Crippen LogP contribution in [0.5, 0.6) is 0 Å². The number of carbonyl (C=O) groups is 1. The number of nitrogens with one attached hydrogen (secondary N) is 1. The molecule has 1 N–H and O–H groups in total. The SMILES string of the molecule is CC(C)(C)c1ccc(C=NNC(=O)Cn2c3ccccc3c(=O)c3ccccc32)cc1. The van der Waals surface area contributed by atoms with Gasteiger partial charge in [-0.3, -0.25) is 9.59 Å². The van der Waals surface area contributed by atoms with E-state index in [1.54, 1.807) is 18.3 Å². The molecular weight excluding hydrogens is 386 g/mol. The standard InChI is InChI=1S/C26H25N3O2/c1-26(2,3)19-14-12-18(13-15-19)16-27-28-24(30)17-29-22-10-6-4-8-20(22)25(31)21-9-5-7-11-23(21)29/h4-16H,17H2,1-3H3,(H,28,30). The Morgan fingerprint density at radius 2 is 1.45 bits per heavy atom. The van der Waals surface area contributed by atoms with Gasteiger partial charge in [-0.05, 0) is 40.8 Å². The van der Waals surface area contributed by atoms with Crippen molar-refractivity contribution in [2.24, 2.45) is 5.10 Å². The molecule has 1 amide bonds. The average Bonchev–Trinajstić information content (AvgIpc) is 2.76. The number of para-hydroxylation sites is 2. The molecule has 1 aromatic heterocycles. The second-order valence-electron chi connectivity index (χ2n) is 8.61. The smallest absolute Gasteiger partial charge is 0.260 e. The first kappa shape index (κ1) is 20.5. The summed E-state index contributed by atoms with van der Waals surface area (Å²) in [4.78, 5) is 25.4. The first-order chi connectivity index (χ1) is 14.8. The minimum atomic E-state index is -0.262. The Morgan fingerprint density at radius 1 is 0.903 bits per heavy atom. The summed E-state index contributed by atoms with van der Waals surface area (Å²) in [6.07, 6.45) is 1.63. The molecule has 0 spiro atoms. The fourth-order valence-electron chi connectivity index (χ4n) is 3.67. The van der Waals surface area contributed by atoms with Crippen molar-refractivity contribution in [3.63, 3.8) is 0 Å². The van der Waals surface area contributed by atoms with E-state index in [-0.39, 0.29) is 23.3 Å². The van der Waals surface area contributed by atoms with Crippen LogP contribution in [-0.4, -0.2) is 16.7 Å². The van der Waals surface area contributed by atoms with Crippen LogP contribution in [0, 0.1) is 0 Å². The summed E-state index contributed by atoms with van der Waals surface area (Å²) < 4.78 is 1.86. The normalized spacial score (nSPS) is 12.0. The fourth-order valence-corrected chi connectivity index (χ4v) is 3.67. The van der Waals surface area contributed by atoms with Crippen molar-refractivity contribution >= 4 is 33.9 Å². The lowest BCUT2D eigenvalue weighted by molar-refractivity contribution is -0.121. The predicted molar refractivity (Wildman–Crippen MR) is 127 cm³/mol. The number of hydrogen-bond donors (Lipinski definition) is 1. The zero-order valence-electron chi connectivity index (χ0n) is 17.9. The van der Waals surface area contributed by atoms with Crippen molar-refractivity contribution in [2.75, 3.05) is 0 Å². The Kier molecular flexibility index (Phi) is 5.42. The molecular formula is C26H25N3O2. The average molecular weight is 412 g/mol. The Balaban J connectivity index is 1.57. The van der Waals surface area contributed by atoms with Gasteiger partial charge in [0.2, 0.25) is 0 Å². The van der Waals surface area contributed by atoms with Crippen LogP contribution in [0.4, 0.5) is 0 Å². The molecule has 0 saturated heterocycles. The maximum Gasteiger partial charge on any atom is 0.260 e. The maximum absolute atomic E-state index is 12.8. The number of hydrazone groups is 1. The number of benzene rings is 3. The predicted octanol–water partition coefficient (Wildman–Crippen LogP) is 4.60. The lowest BCUT2D eigenvalue weighted by Crippen LogP contribution is -2.25. The summed E-state index contributed by atoms with van der Waals surface area (Å²) in [5.74, 6) is -0.262. The van der Waals surface area contributed by atoms with E-state index in [4.69, 9.17) is 0 Å². The Morgan fingerprint density at radius 3 is 2.00 bits per heavy atom. The van der Waals surface area contributed by atoms with E-state index in [0.29, 0.717) is 10.8 Å². The van der Waals surface area contributed by atoms with E-state index in [1.807, 2.05) is 53.1 Å². The van der Waals surface area contributed by atoms with Gasteiger partial charge in [-0.15, -0.1) is 0 Å². The molecule has 0 aliphatic carbocycles. The van der Waals surface area contributed by atoms with Crippen LogP contribution < -0.4 is 10.9 Å². The van der Waals surface area contributed by atoms with Crippen molar-refractivity contribution in [1.29, 1.82) is 0 Å². The van der Waals surface area contributed by atoms with Crippen molar-refractivity contribution < 1.29 is 4.79 Å². The molecule has 31 heavy (non-hydrogen) atoms. The highest BCUT2D eigenvalue weighted by Crippen LogP contribution is 2.22. The minimum absolute atomic E-state index is 0.0282. The minimum Gasteiger partial charge on any atom is -0.331 e. The monoisotopic (exact) mass is 411 g/mol. The topological polar surface area (TPSA) is 63.5 Å². The third kappa shape index (κ3) is 4.26. The second kappa shape index (κ2) is 8.19. The lowest BCUT2D eigenvalue weighted by atomic mass is 9.87. The zero-order chi connectivity index (χ0) is 22.0. The molecule has 0 atom stereocenters. The van der Waals surface area contributed by atoms with Gasteiger partial charge in [0.15, 0.2) is 5.43 Å². The molecule has 156 valence electrons. The number of hydrogen-bond acceptors (Lipinski definition) is 3. The maximum atomic E-state index is 12.8. The number of pyridine rings is 1. The summed E-state index contributed by atoms with van der Waals surface area (Å²) in [7, 11) is 0. The van der Waals surface area contributed by atoms with E-state index in [0.717, 1.165) is 16.6 Å². The van der Waals surface area contributed by atoms with Gasteiger partial charge in [-0.25, -0.2) is 5.43 Å². The Hall–Kier alpha value is -3.73. The molecule has 0 aliphatic heterocycles. The molecule has 1 heterocycles. The van der Waals surface area contributed by atoms with Crippen molar-refractivity contribution in [3.05, 3.63) is 94.1 Å². The largest absolute Gasteiger partial charge is 0.331 e. The molecule has 4 aromatic rings. The van der Waals surface area contributed by atoms with Crippen LogP contribution in [0.1, 0.15) is 31.9 Å². The van der Waals surface area contributed by atoms with Crippen LogP contribution in [0.15, 0.2) is 82.7 Å². The zero-order valence-corrected chi connectivity index (χ0v) is 17.9. The molecule has 0 bridgehead atoms. The van der Waals surface area contributed by atoms with E-state index < -0.39 is 0 Å². The van der Waals surface area contributed by atoms with Gasteiger partial charge in [0, 0.05) is 10.8 Å². The van der Waals surface area contributed by atoms with Crippen LogP contribution in [0.3, 0.4) is 0 Å². The van der Waals surface area contributed by atoms with Crippen LogP contribution in [0.2, 0.25) is 0 Å². The van der Waals surface area contributed by atoms with Gasteiger partial charge in [-0.2, -0.15) is 5.10 Å². The lowest BCUT2D eigenvalue weighted by Gasteiger charge is -2.18. The molecule has 0 unspecified atom stereocenters. The molecule has 3 aromatic carbocycles. The molecule has 0 saturated carbocycles. The van der Waals surface area contributed by atoms with Crippen LogP contribution >= 0.6 is 0 Å². The Bertz CT molecular complexity index is 1280. The highest BCUT2D eigenvalue weighted by Gasteiger charge is 2.13. The van der Waals surface area contributed by atoms with Gasteiger partial charge >= 0.3 is 0 Å².